The molecule has 0 radical (unpaired) electrons. The molecule has 8 nitrogen and oxygen atoms in total. The highest BCUT2D eigenvalue weighted by molar-refractivity contribution is 7.89. The van der Waals surface area contributed by atoms with E-state index in [2.05, 4.69) is 15.8 Å². The molecule has 0 unspecified atom stereocenters. The first-order valence-corrected chi connectivity index (χ1v) is 14.6. The van der Waals surface area contributed by atoms with E-state index < -0.39 is 21.7 Å². The lowest BCUT2D eigenvalue weighted by Crippen LogP contribution is -2.35. The number of sulfonamides is 1. The quantitative estimate of drug-likeness (QED) is 0.316. The molecule has 3 aromatic rings. The van der Waals surface area contributed by atoms with Crippen molar-refractivity contribution in [1.29, 1.82) is 0 Å². The summed E-state index contributed by atoms with van der Waals surface area (Å²) in [7, 11) is -3.75. The van der Waals surface area contributed by atoms with Crippen LogP contribution in [0.5, 0.6) is 0 Å². The molecule has 2 aliphatic rings. The molecule has 0 spiro atoms. The monoisotopic (exact) mass is 585 g/mol. The molecular formula is C27H25ClFN5O3S2. The summed E-state index contributed by atoms with van der Waals surface area (Å²) in [5, 5.41) is 7.48. The first-order chi connectivity index (χ1) is 18.7. The normalized spacial score (nSPS) is 16.8. The SMILES string of the molecule is O=C1/C(=N\NC(=S)Nc2ccccc2F)c2cc(S(=O)(=O)N3CCCCC3)ccc2N1Cc1ccc(Cl)cc1. The van der Waals surface area contributed by atoms with E-state index in [9.17, 15) is 17.6 Å². The molecule has 39 heavy (non-hydrogen) atoms. The van der Waals surface area contributed by atoms with Crippen molar-refractivity contribution in [3.63, 3.8) is 0 Å². The van der Waals surface area contributed by atoms with Crippen LogP contribution in [0, 0.1) is 5.82 Å². The number of nitrogens with one attached hydrogen (secondary N) is 2. The van der Waals surface area contributed by atoms with Crippen molar-refractivity contribution in [1.82, 2.24) is 9.73 Å². The minimum absolute atomic E-state index is 0.00709. The summed E-state index contributed by atoms with van der Waals surface area (Å²) in [6.45, 7) is 1.14. The van der Waals surface area contributed by atoms with Crippen LogP contribution in [0.15, 0.2) is 76.7 Å². The molecule has 0 aliphatic carbocycles. The third kappa shape index (κ3) is 5.81. The molecular weight excluding hydrogens is 561 g/mol. The second-order valence-corrected chi connectivity index (χ2v) is 12.0. The molecule has 12 heteroatoms. The van der Waals surface area contributed by atoms with Gasteiger partial charge in [-0.15, -0.1) is 0 Å². The van der Waals surface area contributed by atoms with Gasteiger partial charge in [0, 0.05) is 23.7 Å². The first-order valence-electron chi connectivity index (χ1n) is 12.3. The van der Waals surface area contributed by atoms with Crippen LogP contribution in [0.1, 0.15) is 30.4 Å². The Balaban J connectivity index is 1.48. The molecule has 0 saturated carbocycles. The summed E-state index contributed by atoms with van der Waals surface area (Å²) in [5.74, 6) is -0.938. The Kier molecular flexibility index (Phi) is 7.94. The van der Waals surface area contributed by atoms with E-state index in [0.717, 1.165) is 24.8 Å². The molecule has 2 aliphatic heterocycles. The fourth-order valence-electron chi connectivity index (χ4n) is 4.56. The van der Waals surface area contributed by atoms with Gasteiger partial charge in [-0.05, 0) is 73.1 Å². The van der Waals surface area contributed by atoms with Gasteiger partial charge in [-0.25, -0.2) is 12.8 Å². The average molecular weight is 586 g/mol. The number of nitrogens with zero attached hydrogens (tertiary/aromatic N) is 3. The number of para-hydroxylation sites is 1. The number of carbonyl (C=O) groups is 1. The van der Waals surface area contributed by atoms with Gasteiger partial charge in [0.1, 0.15) is 5.82 Å². The lowest BCUT2D eigenvalue weighted by molar-refractivity contribution is -0.112. The highest BCUT2D eigenvalue weighted by Crippen LogP contribution is 2.34. The van der Waals surface area contributed by atoms with Crippen LogP contribution in [0.2, 0.25) is 5.02 Å². The summed E-state index contributed by atoms with van der Waals surface area (Å²) in [6, 6.07) is 17.7. The Morgan fingerprint density at radius 1 is 1.03 bits per heavy atom. The fourth-order valence-corrected chi connectivity index (χ4v) is 6.39. The van der Waals surface area contributed by atoms with Gasteiger partial charge in [-0.3, -0.25) is 10.2 Å². The molecule has 0 bridgehead atoms. The van der Waals surface area contributed by atoms with Crippen LogP contribution in [-0.2, 0) is 21.4 Å². The Hall–Kier alpha value is -3.38. The van der Waals surface area contributed by atoms with Crippen LogP contribution in [0.3, 0.4) is 0 Å². The fraction of sp³-hybridized carbons (Fsp3) is 0.222. The number of anilines is 2. The number of hydrazone groups is 1. The number of rotatable bonds is 6. The number of piperidine rings is 1. The molecule has 202 valence electrons. The van der Waals surface area contributed by atoms with E-state index in [1.165, 1.54) is 33.5 Å². The Labute approximate surface area is 236 Å². The van der Waals surface area contributed by atoms with Crippen LogP contribution < -0.4 is 15.6 Å². The summed E-state index contributed by atoms with van der Waals surface area (Å²) in [4.78, 5) is 15.2. The zero-order valence-electron chi connectivity index (χ0n) is 20.7. The summed E-state index contributed by atoms with van der Waals surface area (Å²) in [5.41, 5.74) is 4.44. The van der Waals surface area contributed by atoms with E-state index in [1.807, 2.05) is 12.1 Å². The van der Waals surface area contributed by atoms with Crippen LogP contribution in [0.25, 0.3) is 0 Å². The number of fused-ring (bicyclic) bond motifs is 1. The molecule has 1 amide bonds. The lowest BCUT2D eigenvalue weighted by atomic mass is 10.1. The van der Waals surface area contributed by atoms with Gasteiger partial charge in [-0.1, -0.05) is 42.3 Å². The number of amides is 1. The topological polar surface area (TPSA) is 94.1 Å². The second kappa shape index (κ2) is 11.4. The number of benzene rings is 3. The maximum absolute atomic E-state index is 14.0. The van der Waals surface area contributed by atoms with E-state index in [1.54, 1.807) is 30.3 Å². The van der Waals surface area contributed by atoms with Gasteiger partial charge in [0.15, 0.2) is 10.8 Å². The van der Waals surface area contributed by atoms with Crippen LogP contribution >= 0.6 is 23.8 Å². The highest BCUT2D eigenvalue weighted by Gasteiger charge is 2.36. The Morgan fingerprint density at radius 2 is 1.74 bits per heavy atom. The molecule has 3 aromatic carbocycles. The molecule has 5 rings (SSSR count). The maximum atomic E-state index is 14.0. The molecule has 1 fully saturated rings. The van der Waals surface area contributed by atoms with Crippen molar-refractivity contribution >= 4 is 61.9 Å². The molecule has 1 saturated heterocycles. The van der Waals surface area contributed by atoms with Gasteiger partial charge >= 0.3 is 0 Å². The number of hydrogen-bond donors (Lipinski definition) is 2. The van der Waals surface area contributed by atoms with Crippen LogP contribution in [-0.4, -0.2) is 42.5 Å². The summed E-state index contributed by atoms with van der Waals surface area (Å²) < 4.78 is 42.3. The van der Waals surface area contributed by atoms with Crippen molar-refractivity contribution < 1.29 is 17.6 Å². The second-order valence-electron chi connectivity index (χ2n) is 9.17. The lowest BCUT2D eigenvalue weighted by Gasteiger charge is -2.26. The Morgan fingerprint density at radius 3 is 2.46 bits per heavy atom. The van der Waals surface area contributed by atoms with E-state index in [0.29, 0.717) is 29.4 Å². The largest absolute Gasteiger partial charge is 0.329 e. The third-order valence-electron chi connectivity index (χ3n) is 6.56. The predicted octanol–water partition coefficient (Wildman–Crippen LogP) is 4.89. The molecule has 0 aromatic heterocycles. The highest BCUT2D eigenvalue weighted by atomic mass is 35.5. The first kappa shape index (κ1) is 27.2. The minimum Gasteiger partial charge on any atom is -0.329 e. The van der Waals surface area contributed by atoms with Crippen molar-refractivity contribution in [2.45, 2.75) is 30.7 Å². The van der Waals surface area contributed by atoms with Crippen molar-refractivity contribution in [2.24, 2.45) is 5.10 Å². The Bertz CT molecular complexity index is 1560. The predicted molar refractivity (Wildman–Crippen MR) is 154 cm³/mol. The van der Waals surface area contributed by atoms with Crippen molar-refractivity contribution in [3.8, 4) is 0 Å². The zero-order valence-corrected chi connectivity index (χ0v) is 23.1. The number of carbonyl (C=O) groups excluding carboxylic acids is 1. The van der Waals surface area contributed by atoms with E-state index >= 15 is 0 Å². The minimum atomic E-state index is -3.75. The standard InChI is InChI=1S/C27H25ClFN5O3S2/c28-19-10-8-18(9-11-19)17-34-24-13-12-20(39(36,37)33-14-4-1-5-15-33)16-21(24)25(26(34)35)31-32-27(38)30-23-7-3-2-6-22(23)29/h2-3,6-13,16H,1,4-5,14-15,17H2,(H2,30,32,38)/b31-25-. The zero-order chi connectivity index (χ0) is 27.6. The number of thiocarbonyl (C=S) groups is 1. The van der Waals surface area contributed by atoms with Crippen molar-refractivity contribution in [2.75, 3.05) is 23.3 Å². The van der Waals surface area contributed by atoms with E-state index in [-0.39, 0.29) is 28.0 Å². The number of halogens is 2. The average Bonchev–Trinajstić information content (AvgIpc) is 3.20. The molecule has 0 atom stereocenters. The van der Waals surface area contributed by atoms with Gasteiger partial charge in [0.2, 0.25) is 10.0 Å². The van der Waals surface area contributed by atoms with Gasteiger partial charge in [-0.2, -0.15) is 9.41 Å². The maximum Gasteiger partial charge on any atom is 0.279 e. The molecule has 2 N–H and O–H groups in total. The summed E-state index contributed by atoms with van der Waals surface area (Å²) >= 11 is 11.3. The number of hydrogen-bond acceptors (Lipinski definition) is 5. The van der Waals surface area contributed by atoms with Gasteiger partial charge in [0.25, 0.3) is 5.91 Å². The van der Waals surface area contributed by atoms with Gasteiger partial charge < -0.3 is 10.2 Å². The smallest absolute Gasteiger partial charge is 0.279 e. The molecule has 2 heterocycles. The van der Waals surface area contributed by atoms with E-state index in [4.69, 9.17) is 23.8 Å². The van der Waals surface area contributed by atoms with Gasteiger partial charge in [0.05, 0.1) is 22.8 Å². The van der Waals surface area contributed by atoms with Crippen molar-refractivity contribution in [3.05, 3.63) is 88.7 Å². The van der Waals surface area contributed by atoms with Crippen LogP contribution in [0.4, 0.5) is 15.8 Å². The summed E-state index contributed by atoms with van der Waals surface area (Å²) in [6.07, 6.45) is 2.61. The third-order valence-corrected chi connectivity index (χ3v) is 8.90.